The normalized spacial score (nSPS) is 22.6. The first-order valence-electron chi connectivity index (χ1n) is 7.35. The number of hydrogen-bond acceptors (Lipinski definition) is 5. The van der Waals surface area contributed by atoms with Gasteiger partial charge in [0.25, 0.3) is 0 Å². The Balaban J connectivity index is 1.96. The molecule has 0 aromatic carbocycles. The molecule has 1 fully saturated rings. The molecule has 0 aliphatic heterocycles. The van der Waals surface area contributed by atoms with E-state index in [1.54, 1.807) is 6.20 Å². The third-order valence-corrected chi connectivity index (χ3v) is 4.49. The highest BCUT2D eigenvalue weighted by Crippen LogP contribution is 2.30. The van der Waals surface area contributed by atoms with E-state index in [0.717, 1.165) is 29.8 Å². The molecule has 1 heterocycles. The quantitative estimate of drug-likeness (QED) is 0.741. The highest BCUT2D eigenvalue weighted by Gasteiger charge is 2.24. The molecule has 6 heteroatoms. The van der Waals surface area contributed by atoms with Crippen molar-refractivity contribution < 1.29 is 5.11 Å². The lowest BCUT2D eigenvalue weighted by Gasteiger charge is -2.30. The summed E-state index contributed by atoms with van der Waals surface area (Å²) in [5.74, 6) is 2.40. The Labute approximate surface area is 128 Å². The van der Waals surface area contributed by atoms with Gasteiger partial charge in [0.05, 0.1) is 4.47 Å². The Morgan fingerprint density at radius 2 is 2.05 bits per heavy atom. The molecule has 3 N–H and O–H groups in total. The topological polar surface area (TPSA) is 70.1 Å². The van der Waals surface area contributed by atoms with Crippen LogP contribution in [0.15, 0.2) is 10.7 Å². The zero-order chi connectivity index (χ0) is 14.4. The average Bonchev–Trinajstić information content (AvgIpc) is 2.48. The summed E-state index contributed by atoms with van der Waals surface area (Å²) >= 11 is 3.47. The lowest BCUT2D eigenvalue weighted by atomic mass is 9.79. The Bertz CT molecular complexity index is 430. The van der Waals surface area contributed by atoms with Crippen LogP contribution < -0.4 is 10.6 Å². The number of aromatic nitrogens is 2. The fourth-order valence-electron chi connectivity index (χ4n) is 2.76. The van der Waals surface area contributed by atoms with Crippen molar-refractivity contribution in [3.63, 3.8) is 0 Å². The minimum Gasteiger partial charge on any atom is -0.396 e. The summed E-state index contributed by atoms with van der Waals surface area (Å²) in [7, 11) is 0. The van der Waals surface area contributed by atoms with Gasteiger partial charge in [0.1, 0.15) is 5.82 Å². The van der Waals surface area contributed by atoms with Gasteiger partial charge in [-0.1, -0.05) is 12.8 Å². The molecule has 1 aromatic heterocycles. The summed E-state index contributed by atoms with van der Waals surface area (Å²) in [6, 6.07) is 0. The van der Waals surface area contributed by atoms with Crippen molar-refractivity contribution in [2.45, 2.75) is 32.6 Å². The van der Waals surface area contributed by atoms with Crippen LogP contribution in [-0.4, -0.2) is 34.8 Å². The molecule has 0 saturated heterocycles. The summed E-state index contributed by atoms with van der Waals surface area (Å²) in [5.41, 5.74) is 0. The number of rotatable bonds is 6. The first-order chi connectivity index (χ1) is 9.74. The van der Waals surface area contributed by atoms with Gasteiger partial charge in [-0.3, -0.25) is 0 Å². The van der Waals surface area contributed by atoms with Crippen LogP contribution in [-0.2, 0) is 0 Å². The highest BCUT2D eigenvalue weighted by molar-refractivity contribution is 9.10. The van der Waals surface area contributed by atoms with E-state index in [2.05, 4.69) is 36.5 Å². The molecule has 2 rings (SSSR count). The molecule has 1 aliphatic carbocycles. The van der Waals surface area contributed by atoms with E-state index < -0.39 is 0 Å². The second kappa shape index (κ2) is 7.78. The van der Waals surface area contributed by atoms with Gasteiger partial charge in [0.15, 0.2) is 0 Å². The van der Waals surface area contributed by atoms with Crippen LogP contribution in [0.5, 0.6) is 0 Å². The zero-order valence-electron chi connectivity index (χ0n) is 11.9. The Kier molecular flexibility index (Phi) is 6.04. The molecule has 0 amide bonds. The van der Waals surface area contributed by atoms with Crippen LogP contribution in [0.1, 0.15) is 32.6 Å². The monoisotopic (exact) mass is 342 g/mol. The lowest BCUT2D eigenvalue weighted by Crippen LogP contribution is -2.29. The van der Waals surface area contributed by atoms with Gasteiger partial charge in [0.2, 0.25) is 5.95 Å². The van der Waals surface area contributed by atoms with Crippen molar-refractivity contribution in [2.75, 3.05) is 30.3 Å². The van der Waals surface area contributed by atoms with Crippen LogP contribution in [0.2, 0.25) is 0 Å². The van der Waals surface area contributed by atoms with E-state index in [1.165, 1.54) is 19.3 Å². The number of anilines is 2. The zero-order valence-corrected chi connectivity index (χ0v) is 13.5. The number of nitrogens with one attached hydrogen (secondary N) is 2. The predicted molar refractivity (Wildman–Crippen MR) is 84.9 cm³/mol. The number of nitrogens with zero attached hydrogens (tertiary/aromatic N) is 2. The Morgan fingerprint density at radius 3 is 2.75 bits per heavy atom. The van der Waals surface area contributed by atoms with Crippen molar-refractivity contribution in [2.24, 2.45) is 11.8 Å². The molecule has 112 valence electrons. The third kappa shape index (κ3) is 4.06. The van der Waals surface area contributed by atoms with Gasteiger partial charge in [-0.15, -0.1) is 0 Å². The van der Waals surface area contributed by atoms with E-state index in [1.807, 2.05) is 6.92 Å². The summed E-state index contributed by atoms with van der Waals surface area (Å²) in [6.45, 7) is 3.97. The SMILES string of the molecule is CCNc1ncc(Br)c(NCC2CCCCC2CO)n1. The summed E-state index contributed by atoms with van der Waals surface area (Å²) in [4.78, 5) is 8.66. The Morgan fingerprint density at radius 1 is 1.30 bits per heavy atom. The molecule has 5 nitrogen and oxygen atoms in total. The summed E-state index contributed by atoms with van der Waals surface area (Å²) < 4.78 is 0.871. The van der Waals surface area contributed by atoms with E-state index in [-0.39, 0.29) is 0 Å². The van der Waals surface area contributed by atoms with Gasteiger partial charge in [-0.2, -0.15) is 4.98 Å². The van der Waals surface area contributed by atoms with E-state index in [9.17, 15) is 5.11 Å². The molecule has 2 atom stereocenters. The maximum Gasteiger partial charge on any atom is 0.224 e. The fraction of sp³-hybridized carbons (Fsp3) is 0.714. The average molecular weight is 343 g/mol. The number of halogens is 1. The summed E-state index contributed by atoms with van der Waals surface area (Å²) in [5, 5.41) is 16.0. The molecule has 0 bridgehead atoms. The fourth-order valence-corrected chi connectivity index (χ4v) is 3.09. The van der Waals surface area contributed by atoms with Crippen molar-refractivity contribution in [3.8, 4) is 0 Å². The standard InChI is InChI=1S/C14H23BrN4O/c1-2-16-14-18-8-12(15)13(19-14)17-7-10-5-3-4-6-11(10)9-20/h8,10-11,20H,2-7,9H2,1H3,(H2,16,17,18,19). The minimum atomic E-state index is 0.292. The molecule has 1 aromatic rings. The van der Waals surface area contributed by atoms with Crippen LogP contribution in [0.3, 0.4) is 0 Å². The molecular formula is C14H23BrN4O. The molecule has 2 unspecified atom stereocenters. The molecular weight excluding hydrogens is 320 g/mol. The van der Waals surface area contributed by atoms with Gasteiger partial charge in [-0.25, -0.2) is 4.98 Å². The van der Waals surface area contributed by atoms with Crippen molar-refractivity contribution >= 4 is 27.7 Å². The second-order valence-electron chi connectivity index (χ2n) is 5.29. The van der Waals surface area contributed by atoms with Gasteiger partial charge < -0.3 is 15.7 Å². The van der Waals surface area contributed by atoms with E-state index in [0.29, 0.717) is 24.4 Å². The highest BCUT2D eigenvalue weighted by atomic mass is 79.9. The van der Waals surface area contributed by atoms with Crippen LogP contribution in [0, 0.1) is 11.8 Å². The molecule has 20 heavy (non-hydrogen) atoms. The third-order valence-electron chi connectivity index (χ3n) is 3.91. The van der Waals surface area contributed by atoms with Gasteiger partial charge in [-0.05, 0) is 47.5 Å². The first-order valence-corrected chi connectivity index (χ1v) is 8.15. The summed E-state index contributed by atoms with van der Waals surface area (Å²) in [6.07, 6.45) is 6.58. The van der Waals surface area contributed by atoms with E-state index in [4.69, 9.17) is 0 Å². The van der Waals surface area contributed by atoms with Gasteiger partial charge in [0, 0.05) is 25.9 Å². The van der Waals surface area contributed by atoms with Crippen LogP contribution >= 0.6 is 15.9 Å². The van der Waals surface area contributed by atoms with Gasteiger partial charge >= 0.3 is 0 Å². The first kappa shape index (κ1) is 15.5. The van der Waals surface area contributed by atoms with Crippen LogP contribution in [0.4, 0.5) is 11.8 Å². The minimum absolute atomic E-state index is 0.292. The maximum absolute atomic E-state index is 9.45. The molecule has 1 saturated carbocycles. The number of aliphatic hydroxyl groups is 1. The van der Waals surface area contributed by atoms with Crippen LogP contribution in [0.25, 0.3) is 0 Å². The number of aliphatic hydroxyl groups excluding tert-OH is 1. The molecule has 0 spiro atoms. The number of hydrogen-bond donors (Lipinski definition) is 3. The maximum atomic E-state index is 9.45. The lowest BCUT2D eigenvalue weighted by molar-refractivity contribution is 0.141. The van der Waals surface area contributed by atoms with Crippen molar-refractivity contribution in [1.82, 2.24) is 9.97 Å². The second-order valence-corrected chi connectivity index (χ2v) is 6.14. The largest absolute Gasteiger partial charge is 0.396 e. The van der Waals surface area contributed by atoms with Crippen molar-refractivity contribution in [1.29, 1.82) is 0 Å². The van der Waals surface area contributed by atoms with E-state index >= 15 is 0 Å². The smallest absolute Gasteiger partial charge is 0.224 e. The Hall–Kier alpha value is -0.880. The van der Waals surface area contributed by atoms with Crippen molar-refractivity contribution in [3.05, 3.63) is 10.7 Å². The molecule has 0 radical (unpaired) electrons. The predicted octanol–water partition coefficient (Wildman–Crippen LogP) is 2.88. The molecule has 1 aliphatic rings.